The minimum atomic E-state index is 0.504. The molecule has 4 nitrogen and oxygen atoms in total. The molecule has 2 aromatic heterocycles. The van der Waals surface area contributed by atoms with Gasteiger partial charge in [0.2, 0.25) is 5.88 Å². The largest absolute Gasteiger partial charge is 0.475 e. The highest BCUT2D eigenvalue weighted by atomic mass is 35.5. The molecule has 0 aliphatic heterocycles. The summed E-state index contributed by atoms with van der Waals surface area (Å²) in [5.41, 5.74) is 0.948. The number of ether oxygens (including phenoxy) is 2. The molecule has 0 radical (unpaired) electrons. The van der Waals surface area contributed by atoms with Crippen LogP contribution < -0.4 is 10.1 Å². The van der Waals surface area contributed by atoms with Crippen LogP contribution in [0.3, 0.4) is 0 Å². The van der Waals surface area contributed by atoms with Crippen LogP contribution in [0.5, 0.6) is 5.88 Å². The first kappa shape index (κ1) is 14.1. The normalized spacial score (nSPS) is 10.4. The first-order valence-electron chi connectivity index (χ1n) is 5.82. The third-order valence-electron chi connectivity index (χ3n) is 2.36. The number of halogens is 1. The van der Waals surface area contributed by atoms with E-state index >= 15 is 0 Å². The van der Waals surface area contributed by atoms with Gasteiger partial charge in [0.05, 0.1) is 23.5 Å². The highest BCUT2D eigenvalue weighted by Gasteiger charge is 1.99. The number of thiophene rings is 1. The van der Waals surface area contributed by atoms with Crippen LogP contribution in [0.4, 0.5) is 5.69 Å². The predicted octanol–water partition coefficient (Wildman–Crippen LogP) is 3.43. The van der Waals surface area contributed by atoms with Crippen molar-refractivity contribution in [3.8, 4) is 5.88 Å². The molecule has 2 aromatic rings. The van der Waals surface area contributed by atoms with Gasteiger partial charge in [-0.3, -0.25) is 0 Å². The quantitative estimate of drug-likeness (QED) is 0.795. The van der Waals surface area contributed by atoms with E-state index in [1.165, 1.54) is 4.88 Å². The van der Waals surface area contributed by atoms with Crippen molar-refractivity contribution in [1.82, 2.24) is 4.98 Å². The SMILES string of the molecule is COCCOc1ccc(NCc2cc(Cl)cs2)cn1. The molecule has 19 heavy (non-hydrogen) atoms. The van der Waals surface area contributed by atoms with Gasteiger partial charge in [-0.15, -0.1) is 11.3 Å². The second kappa shape index (κ2) is 7.33. The molecule has 0 fully saturated rings. The van der Waals surface area contributed by atoms with Gasteiger partial charge in [0.15, 0.2) is 0 Å². The highest BCUT2D eigenvalue weighted by Crippen LogP contribution is 2.20. The lowest BCUT2D eigenvalue weighted by Gasteiger charge is -2.07. The van der Waals surface area contributed by atoms with Crippen molar-refractivity contribution < 1.29 is 9.47 Å². The van der Waals surface area contributed by atoms with Gasteiger partial charge in [0.1, 0.15) is 6.61 Å². The van der Waals surface area contributed by atoms with E-state index in [0.717, 1.165) is 17.3 Å². The van der Waals surface area contributed by atoms with Crippen LogP contribution in [0.2, 0.25) is 5.02 Å². The molecule has 0 amide bonds. The highest BCUT2D eigenvalue weighted by molar-refractivity contribution is 7.10. The molecule has 6 heteroatoms. The molecule has 2 rings (SSSR count). The van der Waals surface area contributed by atoms with E-state index < -0.39 is 0 Å². The molecule has 2 heterocycles. The lowest BCUT2D eigenvalue weighted by atomic mass is 10.4. The zero-order chi connectivity index (χ0) is 13.5. The van der Waals surface area contributed by atoms with Crippen LogP contribution in [0, 0.1) is 0 Å². The lowest BCUT2D eigenvalue weighted by Crippen LogP contribution is -2.05. The number of pyridine rings is 1. The van der Waals surface area contributed by atoms with E-state index in [2.05, 4.69) is 10.3 Å². The number of rotatable bonds is 7. The Morgan fingerprint density at radius 3 is 2.89 bits per heavy atom. The maximum absolute atomic E-state index is 5.87. The van der Waals surface area contributed by atoms with Crippen molar-refractivity contribution in [2.45, 2.75) is 6.54 Å². The molecule has 0 aliphatic carbocycles. The monoisotopic (exact) mass is 298 g/mol. The summed E-state index contributed by atoms with van der Waals surface area (Å²) in [5, 5.41) is 5.98. The fraction of sp³-hybridized carbons (Fsp3) is 0.308. The number of methoxy groups -OCH3 is 1. The molecule has 0 saturated carbocycles. The first-order chi connectivity index (χ1) is 9.28. The van der Waals surface area contributed by atoms with Crippen molar-refractivity contribution in [3.05, 3.63) is 39.7 Å². The van der Waals surface area contributed by atoms with E-state index in [-0.39, 0.29) is 0 Å². The molecule has 0 saturated heterocycles. The van der Waals surface area contributed by atoms with Gasteiger partial charge in [0.25, 0.3) is 0 Å². The third-order valence-corrected chi connectivity index (χ3v) is 3.65. The van der Waals surface area contributed by atoms with Gasteiger partial charge in [0, 0.05) is 30.0 Å². The molecule has 0 atom stereocenters. The van der Waals surface area contributed by atoms with E-state index in [4.69, 9.17) is 21.1 Å². The van der Waals surface area contributed by atoms with Crippen molar-refractivity contribution in [2.24, 2.45) is 0 Å². The summed E-state index contributed by atoms with van der Waals surface area (Å²) in [7, 11) is 1.64. The van der Waals surface area contributed by atoms with E-state index in [0.29, 0.717) is 19.1 Å². The van der Waals surface area contributed by atoms with Crippen molar-refractivity contribution in [3.63, 3.8) is 0 Å². The van der Waals surface area contributed by atoms with Gasteiger partial charge in [-0.25, -0.2) is 4.98 Å². The van der Waals surface area contributed by atoms with Crippen LogP contribution in [-0.2, 0) is 11.3 Å². The van der Waals surface area contributed by atoms with Crippen LogP contribution >= 0.6 is 22.9 Å². The number of hydrogen-bond acceptors (Lipinski definition) is 5. The average Bonchev–Trinajstić information content (AvgIpc) is 2.84. The van der Waals surface area contributed by atoms with E-state index in [1.54, 1.807) is 24.6 Å². The zero-order valence-corrected chi connectivity index (χ0v) is 12.1. The summed E-state index contributed by atoms with van der Waals surface area (Å²) in [6, 6.07) is 5.72. The van der Waals surface area contributed by atoms with E-state index in [9.17, 15) is 0 Å². The maximum Gasteiger partial charge on any atom is 0.213 e. The Morgan fingerprint density at radius 2 is 2.26 bits per heavy atom. The molecule has 1 N–H and O–H groups in total. The molecule has 0 unspecified atom stereocenters. The van der Waals surface area contributed by atoms with Crippen LogP contribution in [0.15, 0.2) is 29.8 Å². The fourth-order valence-corrected chi connectivity index (χ4v) is 2.45. The maximum atomic E-state index is 5.87. The summed E-state index contributed by atoms with van der Waals surface area (Å²) in [5.74, 6) is 0.599. The summed E-state index contributed by atoms with van der Waals surface area (Å²) in [6.07, 6.45) is 1.75. The minimum absolute atomic E-state index is 0.504. The van der Waals surface area contributed by atoms with Gasteiger partial charge in [-0.1, -0.05) is 11.6 Å². The number of aromatic nitrogens is 1. The van der Waals surface area contributed by atoms with Crippen LogP contribution in [0.1, 0.15) is 4.88 Å². The fourth-order valence-electron chi connectivity index (χ4n) is 1.44. The number of nitrogens with zero attached hydrogens (tertiary/aromatic N) is 1. The smallest absolute Gasteiger partial charge is 0.213 e. The molecule has 0 bridgehead atoms. The zero-order valence-electron chi connectivity index (χ0n) is 10.6. The lowest BCUT2D eigenvalue weighted by molar-refractivity contribution is 0.144. The third kappa shape index (κ3) is 4.70. The Hall–Kier alpha value is -1.30. The van der Waals surface area contributed by atoms with Gasteiger partial charge < -0.3 is 14.8 Å². The molecular formula is C13H15ClN2O2S. The summed E-state index contributed by atoms with van der Waals surface area (Å²) >= 11 is 7.50. The summed E-state index contributed by atoms with van der Waals surface area (Å²) in [6.45, 7) is 1.80. The number of hydrogen-bond donors (Lipinski definition) is 1. The van der Waals surface area contributed by atoms with Crippen LogP contribution in [-0.4, -0.2) is 25.3 Å². The number of anilines is 1. The van der Waals surface area contributed by atoms with E-state index in [1.807, 2.05) is 23.6 Å². The molecule has 0 aliphatic rings. The second-order valence-corrected chi connectivity index (χ2v) is 5.24. The summed E-state index contributed by atoms with van der Waals surface area (Å²) in [4.78, 5) is 5.39. The minimum Gasteiger partial charge on any atom is -0.475 e. The Balaban J connectivity index is 1.81. The van der Waals surface area contributed by atoms with Crippen molar-refractivity contribution in [2.75, 3.05) is 25.6 Å². The van der Waals surface area contributed by atoms with Crippen LogP contribution in [0.25, 0.3) is 0 Å². The number of nitrogens with one attached hydrogen (secondary N) is 1. The van der Waals surface area contributed by atoms with Crippen molar-refractivity contribution >= 4 is 28.6 Å². The Labute approximate surface area is 121 Å². The summed E-state index contributed by atoms with van der Waals surface area (Å²) < 4.78 is 10.3. The Bertz CT molecular complexity index is 502. The predicted molar refractivity (Wildman–Crippen MR) is 78.3 cm³/mol. The molecule has 102 valence electrons. The van der Waals surface area contributed by atoms with Crippen molar-refractivity contribution in [1.29, 1.82) is 0 Å². The first-order valence-corrected chi connectivity index (χ1v) is 7.08. The standard InChI is InChI=1S/C13H15ClN2O2S/c1-17-4-5-18-13-3-2-11(7-16-13)15-8-12-6-10(14)9-19-12/h2-3,6-7,9,15H,4-5,8H2,1H3. The topological polar surface area (TPSA) is 43.4 Å². The van der Waals surface area contributed by atoms with Gasteiger partial charge >= 0.3 is 0 Å². The molecule has 0 aromatic carbocycles. The average molecular weight is 299 g/mol. The van der Waals surface area contributed by atoms with Gasteiger partial charge in [-0.05, 0) is 12.1 Å². The molecular weight excluding hydrogens is 284 g/mol. The van der Waals surface area contributed by atoms with Gasteiger partial charge in [-0.2, -0.15) is 0 Å². The Morgan fingerprint density at radius 1 is 1.37 bits per heavy atom. The molecule has 0 spiro atoms. The Kier molecular flexibility index (Phi) is 5.44. The second-order valence-electron chi connectivity index (χ2n) is 3.81.